The molecule has 0 atom stereocenters. The third-order valence-corrected chi connectivity index (χ3v) is 3.97. The predicted molar refractivity (Wildman–Crippen MR) is 84.2 cm³/mol. The summed E-state index contributed by atoms with van der Waals surface area (Å²) in [6.45, 7) is 4.79. The molecule has 0 saturated heterocycles. The molecule has 5 heteroatoms. The van der Waals surface area contributed by atoms with E-state index < -0.39 is 0 Å². The molecule has 1 aromatic carbocycles. The highest BCUT2D eigenvalue weighted by Crippen LogP contribution is 2.41. The number of hydrogen-bond donors (Lipinski definition) is 0. The smallest absolute Gasteiger partial charge is 0.218 e. The first-order valence-corrected chi connectivity index (χ1v) is 7.43. The lowest BCUT2D eigenvalue weighted by molar-refractivity contribution is 0.149. The number of halogens is 2. The summed E-state index contributed by atoms with van der Waals surface area (Å²) in [4.78, 5) is 4.22. The molecule has 2 heterocycles. The summed E-state index contributed by atoms with van der Waals surface area (Å²) in [5.74, 6) is 0.621. The monoisotopic (exact) mass is 321 g/mol. The van der Waals surface area contributed by atoms with Crippen LogP contribution < -0.4 is 9.47 Å². The number of fused-ring (bicyclic) bond motifs is 1. The third-order valence-electron chi connectivity index (χ3n) is 3.78. The van der Waals surface area contributed by atoms with Crippen molar-refractivity contribution in [1.82, 2.24) is 4.98 Å². The summed E-state index contributed by atoms with van der Waals surface area (Å²) in [5.41, 5.74) is 2.07. The fourth-order valence-corrected chi connectivity index (χ4v) is 2.87. The van der Waals surface area contributed by atoms with E-state index in [4.69, 9.17) is 21.1 Å². The normalized spacial score (nSPS) is 15.9. The van der Waals surface area contributed by atoms with Gasteiger partial charge in [0.15, 0.2) is 0 Å². The van der Waals surface area contributed by atoms with Crippen LogP contribution >= 0.6 is 11.6 Å². The van der Waals surface area contributed by atoms with Gasteiger partial charge in [-0.3, -0.25) is 0 Å². The van der Waals surface area contributed by atoms with Crippen LogP contribution in [-0.2, 0) is 6.42 Å². The summed E-state index contributed by atoms with van der Waals surface area (Å²) in [6.07, 6.45) is 0.757. The number of pyridine rings is 1. The summed E-state index contributed by atoms with van der Waals surface area (Å²) >= 11 is 6.08. The van der Waals surface area contributed by atoms with E-state index in [0.29, 0.717) is 29.0 Å². The second-order valence-corrected chi connectivity index (χ2v) is 6.64. The van der Waals surface area contributed by atoms with Gasteiger partial charge in [0.05, 0.1) is 13.7 Å². The lowest BCUT2D eigenvalue weighted by atomic mass is 9.82. The number of methoxy groups -OCH3 is 1. The minimum absolute atomic E-state index is 0.0276. The minimum Gasteiger partial charge on any atom is -0.497 e. The van der Waals surface area contributed by atoms with Crippen LogP contribution in [0.3, 0.4) is 0 Å². The molecule has 2 aromatic rings. The highest BCUT2D eigenvalue weighted by Gasteiger charge is 2.30. The highest BCUT2D eigenvalue weighted by molar-refractivity contribution is 6.29. The van der Waals surface area contributed by atoms with Crippen LogP contribution in [0.25, 0.3) is 11.1 Å². The van der Waals surface area contributed by atoms with Crippen LogP contribution in [0.4, 0.5) is 4.39 Å². The Kier molecular flexibility index (Phi) is 3.73. The molecule has 3 nitrogen and oxygen atoms in total. The Labute approximate surface area is 134 Å². The molecule has 0 fully saturated rings. The van der Waals surface area contributed by atoms with Gasteiger partial charge in [-0.1, -0.05) is 25.4 Å². The molecule has 1 aliphatic heterocycles. The Balaban J connectivity index is 2.17. The first-order valence-electron chi connectivity index (χ1n) is 7.06. The van der Waals surface area contributed by atoms with Gasteiger partial charge in [0.1, 0.15) is 16.7 Å². The van der Waals surface area contributed by atoms with Crippen LogP contribution in [-0.4, -0.2) is 18.7 Å². The van der Waals surface area contributed by atoms with Crippen LogP contribution in [0.5, 0.6) is 11.6 Å². The van der Waals surface area contributed by atoms with Gasteiger partial charge < -0.3 is 9.47 Å². The van der Waals surface area contributed by atoms with Gasteiger partial charge in [0.2, 0.25) is 5.88 Å². The first-order chi connectivity index (χ1) is 10.4. The van der Waals surface area contributed by atoms with E-state index in [9.17, 15) is 4.39 Å². The summed E-state index contributed by atoms with van der Waals surface area (Å²) in [7, 11) is 1.51. The number of benzene rings is 1. The zero-order valence-corrected chi connectivity index (χ0v) is 13.5. The molecule has 3 rings (SSSR count). The zero-order valence-electron chi connectivity index (χ0n) is 12.7. The van der Waals surface area contributed by atoms with E-state index in [1.54, 1.807) is 18.2 Å². The van der Waals surface area contributed by atoms with Gasteiger partial charge in [-0.05, 0) is 30.2 Å². The first kappa shape index (κ1) is 15.1. The maximum atomic E-state index is 14.4. The van der Waals surface area contributed by atoms with Crippen LogP contribution in [0.2, 0.25) is 5.15 Å². The van der Waals surface area contributed by atoms with Gasteiger partial charge in [-0.15, -0.1) is 0 Å². The van der Waals surface area contributed by atoms with Crippen molar-refractivity contribution in [3.05, 3.63) is 40.8 Å². The molecule has 0 saturated carbocycles. The van der Waals surface area contributed by atoms with Gasteiger partial charge >= 0.3 is 0 Å². The van der Waals surface area contributed by atoms with Gasteiger partial charge in [0, 0.05) is 22.6 Å². The predicted octanol–water partition coefficient (Wildman–Crippen LogP) is 4.51. The fraction of sp³-hybridized carbons (Fsp3) is 0.353. The Morgan fingerprint density at radius 1 is 1.27 bits per heavy atom. The molecule has 0 radical (unpaired) electrons. The van der Waals surface area contributed by atoms with Crippen molar-refractivity contribution in [2.24, 2.45) is 5.41 Å². The summed E-state index contributed by atoms with van der Waals surface area (Å²) in [5, 5.41) is 0.295. The minimum atomic E-state index is -0.354. The average molecular weight is 322 g/mol. The van der Waals surface area contributed by atoms with Crippen molar-refractivity contribution in [2.45, 2.75) is 20.3 Å². The van der Waals surface area contributed by atoms with Crippen molar-refractivity contribution in [3.63, 3.8) is 0 Å². The van der Waals surface area contributed by atoms with Crippen molar-refractivity contribution in [2.75, 3.05) is 13.7 Å². The Morgan fingerprint density at radius 3 is 2.73 bits per heavy atom. The summed E-state index contributed by atoms with van der Waals surface area (Å²) in [6, 6.07) is 6.48. The third kappa shape index (κ3) is 2.75. The van der Waals surface area contributed by atoms with Gasteiger partial charge in [-0.2, -0.15) is 0 Å². The lowest BCUT2D eigenvalue weighted by Crippen LogP contribution is -2.29. The average Bonchev–Trinajstić information content (AvgIpc) is 2.46. The van der Waals surface area contributed by atoms with Crippen molar-refractivity contribution < 1.29 is 13.9 Å². The van der Waals surface area contributed by atoms with E-state index in [2.05, 4.69) is 18.8 Å². The number of nitrogens with zero attached hydrogens (tertiary/aromatic N) is 1. The largest absolute Gasteiger partial charge is 0.497 e. The molecule has 1 aromatic heterocycles. The molecule has 0 unspecified atom stereocenters. The van der Waals surface area contributed by atoms with Crippen molar-refractivity contribution in [1.29, 1.82) is 0 Å². The van der Waals surface area contributed by atoms with E-state index in [-0.39, 0.29) is 11.2 Å². The van der Waals surface area contributed by atoms with Gasteiger partial charge in [-0.25, -0.2) is 9.37 Å². The molecular formula is C17H17ClFNO2. The Hall–Kier alpha value is -1.81. The SMILES string of the molecule is COc1ccc(-c2cc(Cl)nc3c2CC(C)(C)CO3)c(F)c1. The molecule has 22 heavy (non-hydrogen) atoms. The number of hydrogen-bond acceptors (Lipinski definition) is 3. The molecule has 0 N–H and O–H groups in total. The molecule has 0 amide bonds. The van der Waals surface area contributed by atoms with E-state index in [1.807, 2.05) is 0 Å². The van der Waals surface area contributed by atoms with E-state index in [1.165, 1.54) is 13.2 Å². The fourth-order valence-electron chi connectivity index (χ4n) is 2.68. The molecular weight excluding hydrogens is 305 g/mol. The van der Waals surface area contributed by atoms with E-state index >= 15 is 0 Å². The maximum absolute atomic E-state index is 14.4. The molecule has 0 bridgehead atoms. The molecule has 0 spiro atoms. The molecule has 0 aliphatic carbocycles. The molecule has 116 valence electrons. The topological polar surface area (TPSA) is 31.4 Å². The Morgan fingerprint density at radius 2 is 2.05 bits per heavy atom. The standard InChI is InChI=1S/C17H17ClFNO2/c1-17(2)8-13-12(7-15(18)20-16(13)22-9-17)11-5-4-10(21-3)6-14(11)19/h4-7H,8-9H2,1-3H3. The van der Waals surface area contributed by atoms with Crippen molar-refractivity contribution in [3.8, 4) is 22.8 Å². The second kappa shape index (κ2) is 5.43. The highest BCUT2D eigenvalue weighted by atomic mass is 35.5. The van der Waals surface area contributed by atoms with Crippen LogP contribution in [0.15, 0.2) is 24.3 Å². The zero-order chi connectivity index (χ0) is 15.9. The van der Waals surface area contributed by atoms with Crippen LogP contribution in [0, 0.1) is 11.2 Å². The number of aromatic nitrogens is 1. The Bertz CT molecular complexity index is 731. The molecule has 1 aliphatic rings. The lowest BCUT2D eigenvalue weighted by Gasteiger charge is -2.32. The summed E-state index contributed by atoms with van der Waals surface area (Å²) < 4.78 is 25.2. The number of ether oxygens (including phenoxy) is 2. The van der Waals surface area contributed by atoms with Crippen LogP contribution in [0.1, 0.15) is 19.4 Å². The van der Waals surface area contributed by atoms with Gasteiger partial charge in [0.25, 0.3) is 0 Å². The van der Waals surface area contributed by atoms with E-state index in [0.717, 1.165) is 17.5 Å². The quantitative estimate of drug-likeness (QED) is 0.763. The van der Waals surface area contributed by atoms with Crippen molar-refractivity contribution >= 4 is 11.6 Å². The second-order valence-electron chi connectivity index (χ2n) is 6.25. The maximum Gasteiger partial charge on any atom is 0.218 e. The number of rotatable bonds is 2.